The van der Waals surface area contributed by atoms with Crippen LogP contribution in [0.5, 0.6) is 0 Å². The van der Waals surface area contributed by atoms with Gasteiger partial charge in [0.15, 0.2) is 0 Å². The predicted molar refractivity (Wildman–Crippen MR) is 125 cm³/mol. The lowest BCUT2D eigenvalue weighted by atomic mass is 9.87. The van der Waals surface area contributed by atoms with Gasteiger partial charge in [-0.25, -0.2) is 9.69 Å². The molecule has 1 N–H and O–H groups in total. The SMILES string of the molecule is Cc1ccc(N2C(=O)c3cccc4c(-c5ccc(C(=O)O)cc5)c([N+](=O)[O-])cc(c34)C2=O)cc1. The van der Waals surface area contributed by atoms with Gasteiger partial charge in [-0.15, -0.1) is 0 Å². The van der Waals surface area contributed by atoms with Gasteiger partial charge >= 0.3 is 5.97 Å². The smallest absolute Gasteiger partial charge is 0.335 e. The van der Waals surface area contributed by atoms with Gasteiger partial charge in [0.25, 0.3) is 17.5 Å². The summed E-state index contributed by atoms with van der Waals surface area (Å²) in [5.41, 5.74) is 1.99. The van der Waals surface area contributed by atoms with Gasteiger partial charge in [-0.05, 0) is 48.2 Å². The fraction of sp³-hybridized carbons (Fsp3) is 0.0385. The molecule has 34 heavy (non-hydrogen) atoms. The zero-order valence-electron chi connectivity index (χ0n) is 17.8. The maximum atomic E-state index is 13.5. The maximum Gasteiger partial charge on any atom is 0.335 e. The Morgan fingerprint density at radius 1 is 0.912 bits per heavy atom. The Morgan fingerprint density at radius 3 is 2.18 bits per heavy atom. The molecule has 0 radical (unpaired) electrons. The van der Waals surface area contributed by atoms with E-state index in [0.29, 0.717) is 22.0 Å². The van der Waals surface area contributed by atoms with E-state index in [2.05, 4.69) is 0 Å². The van der Waals surface area contributed by atoms with Crippen LogP contribution >= 0.6 is 0 Å². The third-order valence-electron chi connectivity index (χ3n) is 5.92. The molecule has 8 nitrogen and oxygen atoms in total. The molecule has 1 heterocycles. The van der Waals surface area contributed by atoms with Crippen molar-refractivity contribution in [1.29, 1.82) is 0 Å². The summed E-state index contributed by atoms with van der Waals surface area (Å²) in [5, 5.41) is 21.9. The van der Waals surface area contributed by atoms with Gasteiger partial charge < -0.3 is 5.11 Å². The highest BCUT2D eigenvalue weighted by atomic mass is 16.6. The molecule has 0 fully saturated rings. The van der Waals surface area contributed by atoms with E-state index >= 15 is 0 Å². The second-order valence-electron chi connectivity index (χ2n) is 7.97. The van der Waals surface area contributed by atoms with Crippen LogP contribution in [0.25, 0.3) is 21.9 Å². The molecule has 0 unspecified atom stereocenters. The van der Waals surface area contributed by atoms with E-state index in [9.17, 15) is 29.6 Å². The summed E-state index contributed by atoms with van der Waals surface area (Å²) in [5.74, 6) is -2.29. The van der Waals surface area contributed by atoms with Crippen molar-refractivity contribution in [3.63, 3.8) is 0 Å². The second-order valence-corrected chi connectivity index (χ2v) is 7.97. The van der Waals surface area contributed by atoms with Crippen molar-refractivity contribution in [2.75, 3.05) is 4.90 Å². The number of carbonyl (C=O) groups excluding carboxylic acids is 2. The molecule has 0 atom stereocenters. The molecule has 5 rings (SSSR count). The van der Waals surface area contributed by atoms with Gasteiger partial charge in [-0.3, -0.25) is 19.7 Å². The number of nitro groups is 1. The topological polar surface area (TPSA) is 118 Å². The van der Waals surface area contributed by atoms with E-state index in [1.807, 2.05) is 6.92 Å². The highest BCUT2D eigenvalue weighted by Crippen LogP contribution is 2.43. The van der Waals surface area contributed by atoms with Crippen LogP contribution in [0.2, 0.25) is 0 Å². The van der Waals surface area contributed by atoms with Crippen molar-refractivity contribution >= 4 is 39.9 Å². The van der Waals surface area contributed by atoms with Crippen LogP contribution < -0.4 is 4.90 Å². The lowest BCUT2D eigenvalue weighted by molar-refractivity contribution is -0.384. The first-order valence-corrected chi connectivity index (χ1v) is 10.3. The zero-order valence-corrected chi connectivity index (χ0v) is 17.8. The maximum absolute atomic E-state index is 13.5. The first-order chi connectivity index (χ1) is 16.3. The number of carboxylic acid groups (broad SMARTS) is 1. The minimum Gasteiger partial charge on any atom is -0.478 e. The van der Waals surface area contributed by atoms with Crippen molar-refractivity contribution in [1.82, 2.24) is 0 Å². The van der Waals surface area contributed by atoms with Crippen LogP contribution in [-0.4, -0.2) is 27.8 Å². The molecule has 0 saturated heterocycles. The van der Waals surface area contributed by atoms with E-state index in [4.69, 9.17) is 0 Å². The second kappa shape index (κ2) is 7.63. The van der Waals surface area contributed by atoms with Gasteiger partial charge in [0, 0.05) is 17.0 Å². The summed E-state index contributed by atoms with van der Waals surface area (Å²) < 4.78 is 0. The number of benzene rings is 4. The molecule has 166 valence electrons. The molecular formula is C26H16N2O6. The first-order valence-electron chi connectivity index (χ1n) is 10.3. The molecule has 1 aliphatic heterocycles. The Kier molecular flexibility index (Phi) is 4.72. The minimum atomic E-state index is -1.12. The lowest BCUT2D eigenvalue weighted by Gasteiger charge is -2.28. The fourth-order valence-corrected chi connectivity index (χ4v) is 4.31. The summed E-state index contributed by atoms with van der Waals surface area (Å²) in [7, 11) is 0. The van der Waals surface area contributed by atoms with Gasteiger partial charge in [-0.2, -0.15) is 0 Å². The minimum absolute atomic E-state index is 0.0354. The highest BCUT2D eigenvalue weighted by molar-refractivity contribution is 6.37. The average molecular weight is 452 g/mol. The third-order valence-corrected chi connectivity index (χ3v) is 5.92. The number of carbonyl (C=O) groups is 3. The Morgan fingerprint density at radius 2 is 1.56 bits per heavy atom. The Labute approximate surface area is 192 Å². The molecule has 4 aromatic rings. The van der Waals surface area contributed by atoms with Crippen molar-refractivity contribution in [2.24, 2.45) is 0 Å². The molecule has 0 aromatic heterocycles. The summed E-state index contributed by atoms with van der Waals surface area (Å²) >= 11 is 0. The van der Waals surface area contributed by atoms with Crippen molar-refractivity contribution in [3.05, 3.63) is 105 Å². The average Bonchev–Trinajstić information content (AvgIpc) is 2.83. The quantitative estimate of drug-likeness (QED) is 0.258. The number of aromatic carboxylic acids is 1. The van der Waals surface area contributed by atoms with Crippen molar-refractivity contribution < 1.29 is 24.4 Å². The van der Waals surface area contributed by atoms with E-state index in [1.165, 1.54) is 30.3 Å². The summed E-state index contributed by atoms with van der Waals surface area (Å²) in [6.07, 6.45) is 0. The molecule has 0 aliphatic carbocycles. The molecule has 0 bridgehead atoms. The van der Waals surface area contributed by atoms with Crippen LogP contribution in [0, 0.1) is 17.0 Å². The Hall–Kier alpha value is -4.85. The van der Waals surface area contributed by atoms with Gasteiger partial charge in [0.2, 0.25) is 0 Å². The molecule has 2 amide bonds. The van der Waals surface area contributed by atoms with Crippen LogP contribution in [0.4, 0.5) is 11.4 Å². The Bertz CT molecular complexity index is 1540. The predicted octanol–water partition coefficient (Wildman–Crippen LogP) is 5.22. The number of imide groups is 1. The normalized spacial score (nSPS) is 12.8. The molecule has 0 spiro atoms. The monoisotopic (exact) mass is 452 g/mol. The number of anilines is 1. The summed E-state index contributed by atoms with van der Waals surface area (Å²) in [6, 6.07) is 18.5. The third kappa shape index (κ3) is 3.12. The highest BCUT2D eigenvalue weighted by Gasteiger charge is 2.37. The van der Waals surface area contributed by atoms with Crippen LogP contribution in [-0.2, 0) is 0 Å². The zero-order chi connectivity index (χ0) is 24.1. The number of amides is 2. The molecule has 4 aromatic carbocycles. The number of hydrogen-bond acceptors (Lipinski definition) is 5. The Balaban J connectivity index is 1.79. The molecule has 8 heteroatoms. The van der Waals surface area contributed by atoms with Gasteiger partial charge in [-0.1, -0.05) is 42.0 Å². The lowest BCUT2D eigenvalue weighted by Crippen LogP contribution is -2.40. The number of carboxylic acids is 1. The number of rotatable bonds is 4. The molecule has 0 saturated carbocycles. The van der Waals surface area contributed by atoms with Gasteiger partial charge in [0.1, 0.15) is 0 Å². The summed E-state index contributed by atoms with van der Waals surface area (Å²) in [6.45, 7) is 1.88. The fourth-order valence-electron chi connectivity index (χ4n) is 4.31. The van der Waals surface area contributed by atoms with E-state index in [0.717, 1.165) is 10.5 Å². The van der Waals surface area contributed by atoms with Crippen LogP contribution in [0.15, 0.2) is 72.8 Å². The first kappa shape index (κ1) is 21.0. The number of hydrogen-bond donors (Lipinski definition) is 1. The van der Waals surface area contributed by atoms with Crippen molar-refractivity contribution in [2.45, 2.75) is 6.92 Å². The largest absolute Gasteiger partial charge is 0.478 e. The standard InChI is InChI=1S/C26H16N2O6/c1-14-5-11-17(12-6-14)27-24(29)19-4-2-3-18-22(15-7-9-16(10-8-15)26(31)32)21(28(33)34)13-20(23(18)19)25(27)30/h2-13H,1H3,(H,31,32). The van der Waals surface area contributed by atoms with E-state index in [1.54, 1.807) is 42.5 Å². The van der Waals surface area contributed by atoms with E-state index in [-0.39, 0.29) is 27.9 Å². The number of nitro benzene ring substituents is 1. The van der Waals surface area contributed by atoms with Crippen LogP contribution in [0.3, 0.4) is 0 Å². The van der Waals surface area contributed by atoms with E-state index < -0.39 is 22.7 Å². The molecule has 1 aliphatic rings. The summed E-state index contributed by atoms with van der Waals surface area (Å²) in [4.78, 5) is 50.6. The van der Waals surface area contributed by atoms with Crippen molar-refractivity contribution in [3.8, 4) is 11.1 Å². The molecular weight excluding hydrogens is 436 g/mol. The number of nitrogens with zero attached hydrogens (tertiary/aromatic N) is 2. The van der Waals surface area contributed by atoms with Crippen LogP contribution in [0.1, 0.15) is 36.6 Å². The number of aryl methyl sites for hydroxylation is 1. The van der Waals surface area contributed by atoms with Gasteiger partial charge in [0.05, 0.1) is 27.3 Å².